The second-order valence-corrected chi connectivity index (χ2v) is 9.18. The van der Waals surface area contributed by atoms with Gasteiger partial charge < -0.3 is 20.8 Å². The van der Waals surface area contributed by atoms with Gasteiger partial charge in [-0.15, -0.1) is 0 Å². The normalized spacial score (nSPS) is 19.5. The lowest BCUT2D eigenvalue weighted by molar-refractivity contribution is 0.186. The van der Waals surface area contributed by atoms with Gasteiger partial charge >= 0.3 is 6.01 Å². The van der Waals surface area contributed by atoms with Gasteiger partial charge in [0.05, 0.1) is 12.8 Å². The van der Waals surface area contributed by atoms with Crippen molar-refractivity contribution in [2.75, 3.05) is 18.0 Å². The van der Waals surface area contributed by atoms with Crippen molar-refractivity contribution in [1.29, 1.82) is 0 Å². The number of aromatic nitrogens is 4. The molecule has 1 aliphatic carbocycles. The van der Waals surface area contributed by atoms with Crippen LogP contribution in [0.25, 0.3) is 0 Å². The number of benzene rings is 1. The monoisotopic (exact) mass is 436 g/mol. The maximum absolute atomic E-state index is 9.93. The second kappa shape index (κ2) is 8.07. The van der Waals surface area contributed by atoms with E-state index in [0.717, 1.165) is 38.2 Å². The van der Waals surface area contributed by atoms with Crippen LogP contribution in [0.5, 0.6) is 6.01 Å². The molecule has 1 fully saturated rings. The molecule has 1 aliphatic heterocycles. The van der Waals surface area contributed by atoms with E-state index in [1.807, 2.05) is 0 Å². The van der Waals surface area contributed by atoms with Gasteiger partial charge in [-0.2, -0.15) is 4.98 Å². The Balaban J connectivity index is 1.31. The highest BCUT2D eigenvalue weighted by atomic mass is 32.2. The first-order valence-electron chi connectivity index (χ1n) is 10.3. The van der Waals surface area contributed by atoms with Gasteiger partial charge in [0.25, 0.3) is 0 Å². The molecule has 5 rings (SSSR count). The van der Waals surface area contributed by atoms with E-state index in [1.54, 1.807) is 12.3 Å². The Hall–Kier alpha value is -2.75. The predicted molar refractivity (Wildman–Crippen MR) is 117 cm³/mol. The van der Waals surface area contributed by atoms with Crippen LogP contribution in [0.1, 0.15) is 35.7 Å². The Morgan fingerprint density at radius 2 is 1.90 bits per heavy atom. The molecule has 1 saturated heterocycles. The SMILES string of the molecule is N[C@@H]1c2ccccc2CC12CCN(c1ncc(Sc3ccnc(O)n3)nc1CO)CC2. The average Bonchev–Trinajstić information content (AvgIpc) is 3.06. The summed E-state index contributed by atoms with van der Waals surface area (Å²) in [7, 11) is 0. The number of piperidine rings is 1. The number of nitrogens with zero attached hydrogens (tertiary/aromatic N) is 5. The topological polar surface area (TPSA) is 121 Å². The molecule has 0 bridgehead atoms. The fourth-order valence-electron chi connectivity index (χ4n) is 4.79. The summed E-state index contributed by atoms with van der Waals surface area (Å²) in [5.41, 5.74) is 9.97. The molecule has 2 aliphatic rings. The molecule has 1 spiro atoms. The summed E-state index contributed by atoms with van der Waals surface area (Å²) >= 11 is 1.26. The zero-order valence-corrected chi connectivity index (χ0v) is 17.8. The molecule has 1 aromatic carbocycles. The van der Waals surface area contributed by atoms with Crippen molar-refractivity contribution < 1.29 is 10.2 Å². The molecule has 3 heterocycles. The van der Waals surface area contributed by atoms with Gasteiger partial charge in [-0.05, 0) is 53.6 Å². The standard InChI is InChI=1S/C22H24N6O2S/c23-19-15-4-2-1-3-14(15)11-22(19)6-9-28(10-7-22)20-16(13-29)26-18(12-25-20)31-17-5-8-24-21(30)27-17/h1-5,8,12,19,29H,6-7,9-11,13,23H2,(H,24,27,30)/t19-/m1/s1. The van der Waals surface area contributed by atoms with E-state index in [1.165, 1.54) is 29.1 Å². The molecule has 160 valence electrons. The summed E-state index contributed by atoms with van der Waals surface area (Å²) in [6, 6.07) is 9.97. The lowest BCUT2D eigenvalue weighted by Gasteiger charge is -2.42. The van der Waals surface area contributed by atoms with Gasteiger partial charge in [0, 0.05) is 25.3 Å². The largest absolute Gasteiger partial charge is 0.479 e. The number of anilines is 1. The third kappa shape index (κ3) is 3.73. The molecule has 0 saturated carbocycles. The summed E-state index contributed by atoms with van der Waals surface area (Å²) in [6.07, 6.45) is 6.14. The molecule has 0 amide bonds. The van der Waals surface area contributed by atoms with Crippen LogP contribution < -0.4 is 10.6 Å². The van der Waals surface area contributed by atoms with Crippen molar-refractivity contribution in [2.45, 2.75) is 42.0 Å². The van der Waals surface area contributed by atoms with E-state index in [0.29, 0.717) is 15.7 Å². The Morgan fingerprint density at radius 3 is 2.65 bits per heavy atom. The second-order valence-electron chi connectivity index (χ2n) is 8.14. The van der Waals surface area contributed by atoms with Crippen molar-refractivity contribution in [3.63, 3.8) is 0 Å². The summed E-state index contributed by atoms with van der Waals surface area (Å²) in [6.45, 7) is 1.46. The Morgan fingerprint density at radius 1 is 1.10 bits per heavy atom. The van der Waals surface area contributed by atoms with Gasteiger partial charge in [0.2, 0.25) is 0 Å². The molecule has 3 aromatic rings. The number of aliphatic hydroxyl groups excluding tert-OH is 1. The van der Waals surface area contributed by atoms with Crippen molar-refractivity contribution in [3.05, 3.63) is 59.5 Å². The van der Waals surface area contributed by atoms with E-state index in [-0.39, 0.29) is 24.1 Å². The average molecular weight is 437 g/mol. The van der Waals surface area contributed by atoms with Crippen molar-refractivity contribution in [3.8, 4) is 6.01 Å². The number of fused-ring (bicyclic) bond motifs is 1. The number of aliphatic hydroxyl groups is 1. The van der Waals surface area contributed by atoms with E-state index in [2.05, 4.69) is 49.1 Å². The fourth-order valence-corrected chi connectivity index (χ4v) is 5.52. The molecule has 31 heavy (non-hydrogen) atoms. The summed E-state index contributed by atoms with van der Waals surface area (Å²) in [5, 5.41) is 20.5. The van der Waals surface area contributed by atoms with Crippen LogP contribution >= 0.6 is 11.8 Å². The minimum absolute atomic E-state index is 0.0669. The molecular weight excluding hydrogens is 412 g/mol. The minimum atomic E-state index is -0.286. The smallest absolute Gasteiger partial charge is 0.314 e. The molecular formula is C22H24N6O2S. The summed E-state index contributed by atoms with van der Waals surface area (Å²) < 4.78 is 0. The van der Waals surface area contributed by atoms with Crippen LogP contribution in [-0.2, 0) is 13.0 Å². The van der Waals surface area contributed by atoms with Crippen LogP contribution in [0.3, 0.4) is 0 Å². The summed E-state index contributed by atoms with van der Waals surface area (Å²) in [4.78, 5) is 19.0. The predicted octanol–water partition coefficient (Wildman–Crippen LogP) is 2.46. The quantitative estimate of drug-likeness (QED) is 0.529. The Bertz CT molecular complexity index is 1100. The van der Waals surface area contributed by atoms with E-state index in [4.69, 9.17) is 5.73 Å². The van der Waals surface area contributed by atoms with Crippen LogP contribution in [0, 0.1) is 5.41 Å². The highest BCUT2D eigenvalue weighted by molar-refractivity contribution is 7.99. The highest BCUT2D eigenvalue weighted by Crippen LogP contribution is 2.51. The zero-order valence-electron chi connectivity index (χ0n) is 17.0. The van der Waals surface area contributed by atoms with Crippen molar-refractivity contribution in [1.82, 2.24) is 19.9 Å². The van der Waals surface area contributed by atoms with Gasteiger partial charge in [0.15, 0.2) is 5.82 Å². The maximum atomic E-state index is 9.93. The van der Waals surface area contributed by atoms with E-state index >= 15 is 0 Å². The van der Waals surface area contributed by atoms with Crippen LogP contribution in [-0.4, -0.2) is 43.2 Å². The molecule has 1 atom stereocenters. The molecule has 0 unspecified atom stereocenters. The van der Waals surface area contributed by atoms with Gasteiger partial charge in [-0.1, -0.05) is 24.3 Å². The lowest BCUT2D eigenvalue weighted by Crippen LogP contribution is -2.45. The third-order valence-corrected chi connectivity index (χ3v) is 7.27. The molecule has 2 aromatic heterocycles. The molecule has 4 N–H and O–H groups in total. The number of rotatable bonds is 4. The van der Waals surface area contributed by atoms with Crippen molar-refractivity contribution in [2.24, 2.45) is 11.1 Å². The number of hydrogen-bond donors (Lipinski definition) is 3. The first-order chi connectivity index (χ1) is 15.1. The van der Waals surface area contributed by atoms with E-state index < -0.39 is 0 Å². The lowest BCUT2D eigenvalue weighted by atomic mass is 9.73. The number of nitrogens with two attached hydrogens (primary N) is 1. The zero-order chi connectivity index (χ0) is 21.4. The Labute approximate surface area is 184 Å². The van der Waals surface area contributed by atoms with Crippen LogP contribution in [0.4, 0.5) is 5.82 Å². The Kier molecular flexibility index (Phi) is 5.25. The van der Waals surface area contributed by atoms with Gasteiger partial charge in [0.1, 0.15) is 15.7 Å². The van der Waals surface area contributed by atoms with Gasteiger partial charge in [-0.3, -0.25) is 0 Å². The van der Waals surface area contributed by atoms with E-state index in [9.17, 15) is 10.2 Å². The number of aromatic hydroxyl groups is 1. The third-order valence-electron chi connectivity index (χ3n) is 6.43. The highest BCUT2D eigenvalue weighted by Gasteiger charge is 2.46. The summed E-state index contributed by atoms with van der Waals surface area (Å²) in [5.74, 6) is 0.719. The first kappa shape index (κ1) is 20.2. The minimum Gasteiger partial charge on any atom is -0.479 e. The first-order valence-corrected chi connectivity index (χ1v) is 11.1. The molecule has 0 radical (unpaired) electrons. The number of hydrogen-bond acceptors (Lipinski definition) is 9. The molecule has 9 heteroatoms. The maximum Gasteiger partial charge on any atom is 0.314 e. The fraction of sp³-hybridized carbons (Fsp3) is 0.364. The van der Waals surface area contributed by atoms with Crippen LogP contribution in [0.15, 0.2) is 52.8 Å². The molecule has 8 nitrogen and oxygen atoms in total. The van der Waals surface area contributed by atoms with Crippen LogP contribution in [0.2, 0.25) is 0 Å². The van der Waals surface area contributed by atoms with Crippen molar-refractivity contribution >= 4 is 17.6 Å². The van der Waals surface area contributed by atoms with Gasteiger partial charge in [-0.25, -0.2) is 15.0 Å².